The van der Waals surface area contributed by atoms with Gasteiger partial charge >= 0.3 is 5.97 Å². The molecule has 3 N–H and O–H groups in total. The van der Waals surface area contributed by atoms with Crippen LogP contribution in [0.1, 0.15) is 44.9 Å². The molecule has 0 aromatic heterocycles. The highest BCUT2D eigenvalue weighted by Crippen LogP contribution is 2.37. The normalized spacial score (nSPS) is 26.1. The van der Waals surface area contributed by atoms with Gasteiger partial charge in [0, 0.05) is 13.1 Å². The molecule has 1 aliphatic heterocycles. The SMILES string of the molecule is NCC1(C(=O)N2CCOCC2CC(=O)O)CCCCCC1. The Kier molecular flexibility index (Phi) is 5.58. The molecule has 0 aromatic rings. The van der Waals surface area contributed by atoms with Crippen molar-refractivity contribution in [2.45, 2.75) is 51.0 Å². The summed E-state index contributed by atoms with van der Waals surface area (Å²) in [6, 6.07) is -0.365. The Morgan fingerprint density at radius 3 is 2.48 bits per heavy atom. The molecule has 1 atom stereocenters. The molecule has 2 aliphatic rings. The van der Waals surface area contributed by atoms with Crippen molar-refractivity contribution in [3.05, 3.63) is 0 Å². The Labute approximate surface area is 125 Å². The van der Waals surface area contributed by atoms with Gasteiger partial charge in [0.1, 0.15) is 0 Å². The second-order valence-corrected chi connectivity index (χ2v) is 6.22. The minimum atomic E-state index is -0.897. The molecule has 21 heavy (non-hydrogen) atoms. The Hall–Kier alpha value is -1.14. The van der Waals surface area contributed by atoms with Crippen molar-refractivity contribution >= 4 is 11.9 Å². The van der Waals surface area contributed by atoms with Crippen LogP contribution in [0.2, 0.25) is 0 Å². The number of morpholine rings is 1. The van der Waals surface area contributed by atoms with E-state index < -0.39 is 11.4 Å². The summed E-state index contributed by atoms with van der Waals surface area (Å²) in [5.74, 6) is -0.854. The van der Waals surface area contributed by atoms with E-state index in [9.17, 15) is 9.59 Å². The molecule has 2 rings (SSSR count). The number of rotatable bonds is 4. The number of aliphatic carboxylic acids is 1. The van der Waals surface area contributed by atoms with Crippen molar-refractivity contribution < 1.29 is 19.4 Å². The zero-order chi connectivity index (χ0) is 15.3. The quantitative estimate of drug-likeness (QED) is 0.755. The van der Waals surface area contributed by atoms with Crippen LogP contribution in [-0.4, -0.2) is 54.2 Å². The van der Waals surface area contributed by atoms with E-state index in [-0.39, 0.29) is 18.4 Å². The Bertz CT molecular complexity index is 378. The number of carboxylic acid groups (broad SMARTS) is 1. The van der Waals surface area contributed by atoms with E-state index in [0.717, 1.165) is 38.5 Å². The van der Waals surface area contributed by atoms with Gasteiger partial charge in [0.25, 0.3) is 0 Å². The lowest BCUT2D eigenvalue weighted by molar-refractivity contribution is -0.154. The summed E-state index contributed by atoms with van der Waals surface area (Å²) in [7, 11) is 0. The molecule has 0 radical (unpaired) electrons. The molecule has 1 amide bonds. The van der Waals surface area contributed by atoms with E-state index >= 15 is 0 Å². The lowest BCUT2D eigenvalue weighted by atomic mass is 9.78. The van der Waals surface area contributed by atoms with E-state index in [0.29, 0.717) is 26.3 Å². The van der Waals surface area contributed by atoms with E-state index in [1.165, 1.54) is 0 Å². The highest BCUT2D eigenvalue weighted by molar-refractivity contribution is 5.84. The van der Waals surface area contributed by atoms with Crippen LogP contribution in [0.25, 0.3) is 0 Å². The fourth-order valence-corrected chi connectivity index (χ4v) is 3.51. The summed E-state index contributed by atoms with van der Waals surface area (Å²) in [5.41, 5.74) is 5.47. The zero-order valence-electron chi connectivity index (χ0n) is 12.6. The minimum absolute atomic E-state index is 0.0430. The third kappa shape index (κ3) is 3.74. The Morgan fingerprint density at radius 1 is 1.24 bits per heavy atom. The molecule has 1 saturated heterocycles. The van der Waals surface area contributed by atoms with Gasteiger partial charge in [0.2, 0.25) is 5.91 Å². The van der Waals surface area contributed by atoms with Crippen LogP contribution < -0.4 is 5.73 Å². The number of carbonyl (C=O) groups is 2. The van der Waals surface area contributed by atoms with Crippen LogP contribution >= 0.6 is 0 Å². The molecule has 1 aliphatic carbocycles. The topological polar surface area (TPSA) is 92.9 Å². The second kappa shape index (κ2) is 7.22. The van der Waals surface area contributed by atoms with E-state index in [2.05, 4.69) is 0 Å². The number of nitrogens with two attached hydrogens (primary N) is 1. The standard InChI is InChI=1S/C15H26N2O4/c16-11-15(5-3-1-2-4-6-15)14(20)17-7-8-21-10-12(17)9-13(18)19/h12H,1-11,16H2,(H,18,19). The molecule has 6 heteroatoms. The number of amides is 1. The molecular formula is C15H26N2O4. The van der Waals surface area contributed by atoms with Gasteiger partial charge in [-0.1, -0.05) is 25.7 Å². The van der Waals surface area contributed by atoms with Gasteiger partial charge in [0.15, 0.2) is 0 Å². The van der Waals surface area contributed by atoms with Crippen LogP contribution in [-0.2, 0) is 14.3 Å². The Morgan fingerprint density at radius 2 is 1.90 bits per heavy atom. The number of carbonyl (C=O) groups excluding carboxylic acids is 1. The molecule has 0 spiro atoms. The molecule has 1 heterocycles. The lowest BCUT2D eigenvalue weighted by Gasteiger charge is -2.41. The van der Waals surface area contributed by atoms with Gasteiger partial charge in [-0.25, -0.2) is 0 Å². The number of nitrogens with zero attached hydrogens (tertiary/aromatic N) is 1. The van der Waals surface area contributed by atoms with Crippen LogP contribution in [0.5, 0.6) is 0 Å². The van der Waals surface area contributed by atoms with Gasteiger partial charge < -0.3 is 20.5 Å². The predicted octanol–water partition coefficient (Wildman–Crippen LogP) is 0.988. The van der Waals surface area contributed by atoms with Crippen molar-refractivity contribution in [2.75, 3.05) is 26.3 Å². The largest absolute Gasteiger partial charge is 0.481 e. The van der Waals surface area contributed by atoms with Crippen LogP contribution in [0, 0.1) is 5.41 Å². The highest BCUT2D eigenvalue weighted by atomic mass is 16.5. The minimum Gasteiger partial charge on any atom is -0.481 e. The lowest BCUT2D eigenvalue weighted by Crippen LogP contribution is -2.56. The third-order valence-electron chi connectivity index (χ3n) is 4.80. The van der Waals surface area contributed by atoms with Crippen LogP contribution in [0.4, 0.5) is 0 Å². The first-order valence-electron chi connectivity index (χ1n) is 7.90. The van der Waals surface area contributed by atoms with Crippen LogP contribution in [0.15, 0.2) is 0 Å². The van der Waals surface area contributed by atoms with E-state index in [4.69, 9.17) is 15.6 Å². The van der Waals surface area contributed by atoms with Gasteiger partial charge in [-0.05, 0) is 12.8 Å². The molecule has 6 nitrogen and oxygen atoms in total. The fourth-order valence-electron chi connectivity index (χ4n) is 3.51. The molecule has 1 unspecified atom stereocenters. The molecular weight excluding hydrogens is 272 g/mol. The first-order valence-corrected chi connectivity index (χ1v) is 7.90. The summed E-state index contributed by atoms with van der Waals surface area (Å²) in [5, 5.41) is 9.02. The number of carboxylic acids is 1. The summed E-state index contributed by atoms with van der Waals surface area (Å²) >= 11 is 0. The molecule has 0 aromatic carbocycles. The number of hydrogen-bond donors (Lipinski definition) is 2. The summed E-state index contributed by atoms with van der Waals surface area (Å²) in [6.07, 6.45) is 5.92. The van der Waals surface area contributed by atoms with Crippen molar-refractivity contribution in [3.63, 3.8) is 0 Å². The third-order valence-corrected chi connectivity index (χ3v) is 4.80. The average Bonchev–Trinajstić information content (AvgIpc) is 2.73. The zero-order valence-corrected chi connectivity index (χ0v) is 12.6. The van der Waals surface area contributed by atoms with Gasteiger partial charge in [-0.15, -0.1) is 0 Å². The van der Waals surface area contributed by atoms with Crippen molar-refractivity contribution in [1.82, 2.24) is 4.90 Å². The monoisotopic (exact) mass is 298 g/mol. The van der Waals surface area contributed by atoms with Gasteiger partial charge in [0.05, 0.1) is 31.1 Å². The summed E-state index contributed by atoms with van der Waals surface area (Å²) in [4.78, 5) is 25.8. The first kappa shape index (κ1) is 16.2. The molecule has 120 valence electrons. The Balaban J connectivity index is 2.15. The fraction of sp³-hybridized carbons (Fsp3) is 0.867. The average molecular weight is 298 g/mol. The highest BCUT2D eigenvalue weighted by Gasteiger charge is 2.43. The van der Waals surface area contributed by atoms with Gasteiger partial charge in [-0.3, -0.25) is 9.59 Å². The van der Waals surface area contributed by atoms with Gasteiger partial charge in [-0.2, -0.15) is 0 Å². The summed E-state index contributed by atoms with van der Waals surface area (Å²) < 4.78 is 5.35. The maximum Gasteiger partial charge on any atom is 0.305 e. The van der Waals surface area contributed by atoms with E-state index in [1.807, 2.05) is 0 Å². The molecule has 2 fully saturated rings. The first-order chi connectivity index (χ1) is 10.1. The molecule has 0 bridgehead atoms. The van der Waals surface area contributed by atoms with Crippen molar-refractivity contribution in [2.24, 2.45) is 11.1 Å². The number of ether oxygens (including phenoxy) is 1. The maximum absolute atomic E-state index is 13.0. The maximum atomic E-state index is 13.0. The van der Waals surface area contributed by atoms with Crippen molar-refractivity contribution in [1.29, 1.82) is 0 Å². The van der Waals surface area contributed by atoms with Crippen molar-refractivity contribution in [3.8, 4) is 0 Å². The smallest absolute Gasteiger partial charge is 0.305 e. The number of hydrogen-bond acceptors (Lipinski definition) is 4. The summed E-state index contributed by atoms with van der Waals surface area (Å²) in [6.45, 7) is 1.60. The van der Waals surface area contributed by atoms with E-state index in [1.54, 1.807) is 4.90 Å². The predicted molar refractivity (Wildman–Crippen MR) is 77.8 cm³/mol. The second-order valence-electron chi connectivity index (χ2n) is 6.22. The van der Waals surface area contributed by atoms with Crippen LogP contribution in [0.3, 0.4) is 0 Å². The molecule has 1 saturated carbocycles.